The fraction of sp³-hybridized carbons (Fsp3) is 0.500. The predicted octanol–water partition coefficient (Wildman–Crippen LogP) is 3.76. The Morgan fingerprint density at radius 3 is 2.25 bits per heavy atom. The van der Waals surface area contributed by atoms with Crippen molar-refractivity contribution < 1.29 is 4.79 Å². The normalized spacial score (nSPS) is 13.3. The minimum atomic E-state index is -1.59. The quantitative estimate of drug-likeness (QED) is 0.655. The summed E-state index contributed by atoms with van der Waals surface area (Å²) < 4.78 is -1.59. The summed E-state index contributed by atoms with van der Waals surface area (Å²) in [5, 5.41) is 2.81. The number of alkyl halides is 3. The summed E-state index contributed by atoms with van der Waals surface area (Å²) in [5.41, 5.74) is 1.46. The van der Waals surface area contributed by atoms with Crippen LogP contribution in [0, 0.1) is 6.92 Å². The van der Waals surface area contributed by atoms with E-state index in [1.807, 2.05) is 43.9 Å². The van der Waals surface area contributed by atoms with E-state index < -0.39 is 9.96 Å². The van der Waals surface area contributed by atoms with Gasteiger partial charge in [-0.1, -0.05) is 66.8 Å². The number of carbonyl (C=O) groups is 1. The molecule has 0 fully saturated rings. The van der Waals surface area contributed by atoms with Gasteiger partial charge in [-0.25, -0.2) is 0 Å². The Morgan fingerprint density at radius 1 is 1.25 bits per heavy atom. The van der Waals surface area contributed by atoms with Crippen LogP contribution in [0.4, 0.5) is 0 Å². The van der Waals surface area contributed by atoms with Crippen molar-refractivity contribution >= 4 is 40.7 Å². The van der Waals surface area contributed by atoms with Crippen molar-refractivity contribution in [3.05, 3.63) is 35.4 Å². The summed E-state index contributed by atoms with van der Waals surface area (Å²) in [5.74, 6) is -0.244. The topological polar surface area (TPSA) is 32.3 Å². The lowest BCUT2D eigenvalue weighted by atomic mass is 10.1. The first-order chi connectivity index (χ1) is 9.31. The van der Waals surface area contributed by atoms with Crippen molar-refractivity contribution in [3.8, 4) is 0 Å². The van der Waals surface area contributed by atoms with Gasteiger partial charge in [-0.3, -0.25) is 9.69 Å². The molecule has 0 saturated heterocycles. The van der Waals surface area contributed by atoms with E-state index in [4.69, 9.17) is 34.8 Å². The second kappa shape index (κ2) is 7.51. The lowest BCUT2D eigenvalue weighted by Gasteiger charge is -2.35. The van der Waals surface area contributed by atoms with Crippen LogP contribution < -0.4 is 5.32 Å². The third-order valence-corrected chi connectivity index (χ3v) is 3.77. The van der Waals surface area contributed by atoms with Crippen LogP contribution in [0.15, 0.2) is 24.3 Å². The first kappa shape index (κ1) is 17.6. The molecular weight excluding hydrogens is 319 g/mol. The minimum absolute atomic E-state index is 0.244. The molecule has 0 aliphatic rings. The number of benzene rings is 1. The Labute approximate surface area is 135 Å². The molecule has 0 heterocycles. The molecular formula is C14H19Cl3N2O. The van der Waals surface area contributed by atoms with Gasteiger partial charge in [-0.05, 0) is 31.6 Å². The van der Waals surface area contributed by atoms with Gasteiger partial charge in [0.25, 0.3) is 5.91 Å². The van der Waals surface area contributed by atoms with E-state index in [0.717, 1.165) is 5.56 Å². The number of hydrogen-bond acceptors (Lipinski definition) is 2. The van der Waals surface area contributed by atoms with Crippen LogP contribution in [0.3, 0.4) is 0 Å². The molecule has 1 N–H and O–H groups in total. The van der Waals surface area contributed by atoms with Crippen LogP contribution in [-0.4, -0.2) is 33.9 Å². The van der Waals surface area contributed by atoms with Gasteiger partial charge < -0.3 is 5.32 Å². The van der Waals surface area contributed by atoms with Gasteiger partial charge in [0.2, 0.25) is 3.79 Å². The van der Waals surface area contributed by atoms with E-state index in [0.29, 0.717) is 18.7 Å². The van der Waals surface area contributed by atoms with E-state index >= 15 is 0 Å². The Kier molecular flexibility index (Phi) is 6.59. The van der Waals surface area contributed by atoms with Gasteiger partial charge in [-0.15, -0.1) is 0 Å². The number of nitrogens with one attached hydrogen (secondary N) is 1. The van der Waals surface area contributed by atoms with Crippen LogP contribution in [-0.2, 0) is 0 Å². The number of aryl methyl sites for hydroxylation is 1. The van der Waals surface area contributed by atoms with Crippen molar-refractivity contribution in [1.29, 1.82) is 0 Å². The summed E-state index contributed by atoms with van der Waals surface area (Å²) in [4.78, 5) is 14.2. The molecule has 112 valence electrons. The van der Waals surface area contributed by atoms with Gasteiger partial charge in [0.1, 0.15) is 6.17 Å². The summed E-state index contributed by atoms with van der Waals surface area (Å²) in [7, 11) is 0. The average molecular weight is 338 g/mol. The molecule has 0 aliphatic heterocycles. The Morgan fingerprint density at radius 2 is 1.80 bits per heavy atom. The number of hydrogen-bond donors (Lipinski definition) is 1. The van der Waals surface area contributed by atoms with E-state index in [2.05, 4.69) is 5.32 Å². The van der Waals surface area contributed by atoms with Crippen LogP contribution in [0.25, 0.3) is 0 Å². The zero-order chi connectivity index (χ0) is 15.3. The fourth-order valence-electron chi connectivity index (χ4n) is 2.00. The van der Waals surface area contributed by atoms with Gasteiger partial charge in [0.05, 0.1) is 0 Å². The first-order valence-corrected chi connectivity index (χ1v) is 7.61. The Bertz CT molecular complexity index is 456. The molecule has 1 aromatic rings. The van der Waals surface area contributed by atoms with Crippen LogP contribution in [0.2, 0.25) is 0 Å². The number of halogens is 3. The van der Waals surface area contributed by atoms with Gasteiger partial charge in [-0.2, -0.15) is 0 Å². The molecule has 0 aromatic heterocycles. The second-order valence-electron chi connectivity index (χ2n) is 4.45. The Hall–Kier alpha value is -0.480. The fourth-order valence-corrected chi connectivity index (χ4v) is 2.58. The van der Waals surface area contributed by atoms with Crippen LogP contribution >= 0.6 is 34.8 Å². The first-order valence-electron chi connectivity index (χ1n) is 6.48. The zero-order valence-electron chi connectivity index (χ0n) is 11.8. The molecule has 0 bridgehead atoms. The summed E-state index contributed by atoms with van der Waals surface area (Å²) in [6, 6.07) is 7.31. The molecule has 0 saturated carbocycles. The largest absolute Gasteiger partial charge is 0.332 e. The molecule has 0 unspecified atom stereocenters. The minimum Gasteiger partial charge on any atom is -0.332 e. The van der Waals surface area contributed by atoms with Gasteiger partial charge in [0.15, 0.2) is 0 Å². The van der Waals surface area contributed by atoms with E-state index in [1.165, 1.54) is 0 Å². The van der Waals surface area contributed by atoms with Gasteiger partial charge in [0, 0.05) is 5.56 Å². The second-order valence-corrected chi connectivity index (χ2v) is 6.82. The van der Waals surface area contributed by atoms with Gasteiger partial charge >= 0.3 is 0 Å². The summed E-state index contributed by atoms with van der Waals surface area (Å²) in [6.45, 7) is 7.11. The van der Waals surface area contributed by atoms with Crippen molar-refractivity contribution in [2.75, 3.05) is 13.1 Å². The molecule has 1 amide bonds. The van der Waals surface area contributed by atoms with Crippen molar-refractivity contribution in [3.63, 3.8) is 0 Å². The predicted molar refractivity (Wildman–Crippen MR) is 85.6 cm³/mol. The molecule has 1 aromatic carbocycles. The van der Waals surface area contributed by atoms with Crippen LogP contribution in [0.5, 0.6) is 0 Å². The lowest BCUT2D eigenvalue weighted by molar-refractivity contribution is 0.0861. The van der Waals surface area contributed by atoms with Crippen molar-refractivity contribution in [1.82, 2.24) is 10.2 Å². The van der Waals surface area contributed by atoms with E-state index in [1.54, 1.807) is 6.07 Å². The molecule has 0 radical (unpaired) electrons. The average Bonchev–Trinajstić information content (AvgIpc) is 2.38. The molecule has 1 atom stereocenters. The number of rotatable bonds is 5. The van der Waals surface area contributed by atoms with Crippen molar-refractivity contribution in [2.45, 2.75) is 30.7 Å². The van der Waals surface area contributed by atoms with Crippen molar-refractivity contribution in [2.24, 2.45) is 0 Å². The summed E-state index contributed by atoms with van der Waals surface area (Å²) in [6.07, 6.45) is -0.672. The number of amides is 1. The molecule has 3 nitrogen and oxygen atoms in total. The number of nitrogens with zero attached hydrogens (tertiary/aromatic N) is 1. The number of carbonyl (C=O) groups excluding carboxylic acids is 1. The molecule has 6 heteroatoms. The third kappa shape index (κ3) is 4.52. The molecule has 0 aliphatic carbocycles. The lowest BCUT2D eigenvalue weighted by Crippen LogP contribution is -2.55. The highest BCUT2D eigenvalue weighted by atomic mass is 35.6. The monoisotopic (exact) mass is 336 g/mol. The standard InChI is InChI=1S/C14H19Cl3N2O/c1-4-19(5-2)13(14(15,16)17)18-12(20)11-9-7-6-8-10(11)3/h6-9,13H,4-5H2,1-3H3,(H,18,20)/t13-/m1/s1. The van der Waals surface area contributed by atoms with E-state index in [-0.39, 0.29) is 5.91 Å². The smallest absolute Gasteiger partial charge is 0.252 e. The molecule has 20 heavy (non-hydrogen) atoms. The third-order valence-electron chi connectivity index (χ3n) is 3.15. The maximum Gasteiger partial charge on any atom is 0.252 e. The molecule has 1 rings (SSSR count). The van der Waals surface area contributed by atoms with Crippen LogP contribution in [0.1, 0.15) is 29.8 Å². The Balaban J connectivity index is 2.96. The zero-order valence-corrected chi connectivity index (χ0v) is 14.1. The summed E-state index contributed by atoms with van der Waals surface area (Å²) >= 11 is 18.0. The highest BCUT2D eigenvalue weighted by Crippen LogP contribution is 2.32. The highest BCUT2D eigenvalue weighted by molar-refractivity contribution is 6.68. The highest BCUT2D eigenvalue weighted by Gasteiger charge is 2.37. The maximum absolute atomic E-state index is 12.3. The van der Waals surface area contributed by atoms with E-state index in [9.17, 15) is 4.79 Å². The SMILES string of the molecule is CCN(CC)[C@@H](NC(=O)c1ccccc1C)C(Cl)(Cl)Cl. The molecule has 0 spiro atoms. The maximum atomic E-state index is 12.3.